The van der Waals surface area contributed by atoms with Gasteiger partial charge in [0.2, 0.25) is 9.39 Å². The normalized spacial score (nSPS) is 21.5. The fourth-order valence-electron chi connectivity index (χ4n) is 0.456. The van der Waals surface area contributed by atoms with Gasteiger partial charge in [-0.2, -0.15) is 0 Å². The Morgan fingerprint density at radius 3 is 1.42 bits per heavy atom. The van der Waals surface area contributed by atoms with Crippen LogP contribution in [-0.4, -0.2) is 32.8 Å². The summed E-state index contributed by atoms with van der Waals surface area (Å²) in [6.07, 6.45) is 0. The van der Waals surface area contributed by atoms with Gasteiger partial charge in [0.25, 0.3) is 0 Å². The molecule has 0 fully saturated rings. The van der Waals surface area contributed by atoms with Crippen LogP contribution >= 0.6 is 31.9 Å². The molecular formula is C6H12Br2O4. The highest BCUT2D eigenvalue weighted by Crippen LogP contribution is 2.16. The molecule has 0 unspecified atom stereocenters. The van der Waals surface area contributed by atoms with E-state index in [9.17, 15) is 0 Å². The third kappa shape index (κ3) is 10.8. The molecule has 4 nitrogen and oxygen atoms in total. The lowest BCUT2D eigenvalue weighted by atomic mass is 10.7. The van der Waals surface area contributed by atoms with Crippen LogP contribution in [0.1, 0.15) is 13.8 Å². The number of hydrogen-bond acceptors (Lipinski definition) is 4. The third-order valence-electron chi connectivity index (χ3n) is 0.814. The number of aliphatic hydroxyl groups is 2. The lowest BCUT2D eigenvalue weighted by molar-refractivity contribution is -0.158. The number of halogens is 2. The lowest BCUT2D eigenvalue weighted by Crippen LogP contribution is -2.26. The highest BCUT2D eigenvalue weighted by atomic mass is 79.9. The van der Waals surface area contributed by atoms with Crippen LogP contribution in [0.4, 0.5) is 0 Å². The fraction of sp³-hybridized carbons (Fsp3) is 1.00. The van der Waals surface area contributed by atoms with Gasteiger partial charge in [0.1, 0.15) is 0 Å². The van der Waals surface area contributed by atoms with Crippen molar-refractivity contribution in [1.29, 1.82) is 0 Å². The van der Waals surface area contributed by atoms with Gasteiger partial charge in [0.15, 0.2) is 0 Å². The molecule has 0 spiro atoms. The summed E-state index contributed by atoms with van der Waals surface area (Å²) in [6.45, 7) is 3.25. The van der Waals surface area contributed by atoms with Crippen molar-refractivity contribution in [3.05, 3.63) is 0 Å². The molecule has 0 aliphatic heterocycles. The van der Waals surface area contributed by atoms with E-state index in [1.807, 2.05) is 0 Å². The zero-order valence-electron chi connectivity index (χ0n) is 6.88. The fourth-order valence-corrected chi connectivity index (χ4v) is 0.780. The molecule has 0 heterocycles. The second-order valence-electron chi connectivity index (χ2n) is 2.44. The molecule has 0 aromatic heterocycles. The van der Waals surface area contributed by atoms with E-state index in [2.05, 4.69) is 31.9 Å². The van der Waals surface area contributed by atoms with Crippen molar-refractivity contribution in [2.45, 2.75) is 23.2 Å². The highest BCUT2D eigenvalue weighted by Gasteiger charge is 2.17. The van der Waals surface area contributed by atoms with Crippen molar-refractivity contribution in [3.63, 3.8) is 0 Å². The average Bonchev–Trinajstić information content (AvgIpc) is 1.76. The molecule has 0 aromatic rings. The number of ether oxygens (including phenoxy) is 2. The van der Waals surface area contributed by atoms with Crippen LogP contribution in [0.25, 0.3) is 0 Å². The van der Waals surface area contributed by atoms with Crippen LogP contribution in [0.5, 0.6) is 0 Å². The summed E-state index contributed by atoms with van der Waals surface area (Å²) in [5.41, 5.74) is 0. The van der Waals surface area contributed by atoms with Crippen molar-refractivity contribution in [2.24, 2.45) is 0 Å². The Hall–Kier alpha value is 0.800. The SMILES string of the molecule is C[C@](O)(Br)OCCO[C@@](C)(O)Br. The molecule has 0 amide bonds. The van der Waals surface area contributed by atoms with Gasteiger partial charge in [0, 0.05) is 13.8 Å². The molecule has 12 heavy (non-hydrogen) atoms. The first-order valence-electron chi connectivity index (χ1n) is 3.31. The molecule has 0 aliphatic rings. The van der Waals surface area contributed by atoms with Crippen LogP contribution in [0.2, 0.25) is 0 Å². The summed E-state index contributed by atoms with van der Waals surface area (Å²) in [5.74, 6) is 0. The van der Waals surface area contributed by atoms with Crippen LogP contribution in [0.3, 0.4) is 0 Å². The number of alkyl halides is 2. The van der Waals surface area contributed by atoms with Gasteiger partial charge in [-0.25, -0.2) is 0 Å². The van der Waals surface area contributed by atoms with Crippen molar-refractivity contribution in [2.75, 3.05) is 13.2 Å². The van der Waals surface area contributed by atoms with Crippen molar-refractivity contribution in [3.8, 4) is 0 Å². The zero-order valence-corrected chi connectivity index (χ0v) is 10.1. The Morgan fingerprint density at radius 1 is 1.00 bits per heavy atom. The molecule has 0 bridgehead atoms. The zero-order chi connectivity index (χ0) is 9.83. The van der Waals surface area contributed by atoms with Gasteiger partial charge >= 0.3 is 0 Å². The average molecular weight is 308 g/mol. The standard InChI is InChI=1S/C6H12Br2O4/c1-5(7,9)11-3-4-12-6(2,8)10/h9-10H,3-4H2,1-2H3/t5-,6-/m1/s1. The molecule has 0 saturated carbocycles. The van der Waals surface area contributed by atoms with Gasteiger partial charge in [-0.3, -0.25) is 0 Å². The Balaban J connectivity index is 3.35. The predicted octanol–water partition coefficient (Wildman–Crippen LogP) is 1.14. The maximum Gasteiger partial charge on any atom is 0.221 e. The van der Waals surface area contributed by atoms with E-state index in [4.69, 9.17) is 19.7 Å². The second-order valence-corrected chi connectivity index (χ2v) is 5.38. The molecule has 0 saturated heterocycles. The predicted molar refractivity (Wildman–Crippen MR) is 51.0 cm³/mol. The van der Waals surface area contributed by atoms with Crippen molar-refractivity contribution >= 4 is 31.9 Å². The first-order chi connectivity index (χ1) is 5.21. The van der Waals surface area contributed by atoms with Crippen LogP contribution in [-0.2, 0) is 9.47 Å². The third-order valence-corrected chi connectivity index (χ3v) is 1.27. The molecule has 0 rings (SSSR count). The van der Waals surface area contributed by atoms with Crippen LogP contribution in [0, 0.1) is 0 Å². The van der Waals surface area contributed by atoms with E-state index in [0.29, 0.717) is 0 Å². The van der Waals surface area contributed by atoms with E-state index in [1.54, 1.807) is 0 Å². The van der Waals surface area contributed by atoms with Gasteiger partial charge in [-0.05, 0) is 31.9 Å². The largest absolute Gasteiger partial charge is 0.357 e. The Labute approximate surface area is 88.1 Å². The maximum absolute atomic E-state index is 9.01. The summed E-state index contributed by atoms with van der Waals surface area (Å²) >= 11 is 5.73. The van der Waals surface area contributed by atoms with Crippen LogP contribution < -0.4 is 0 Å². The Kier molecular flexibility index (Phi) is 5.20. The van der Waals surface area contributed by atoms with Gasteiger partial charge in [0.05, 0.1) is 13.2 Å². The smallest absolute Gasteiger partial charge is 0.221 e. The molecule has 0 aliphatic carbocycles. The summed E-state index contributed by atoms with van der Waals surface area (Å²) in [6, 6.07) is 0. The van der Waals surface area contributed by atoms with Crippen molar-refractivity contribution in [1.82, 2.24) is 0 Å². The molecular weight excluding hydrogens is 296 g/mol. The summed E-state index contributed by atoms with van der Waals surface area (Å²) < 4.78 is 7.00. The van der Waals surface area contributed by atoms with E-state index in [0.717, 1.165) is 0 Å². The van der Waals surface area contributed by atoms with E-state index >= 15 is 0 Å². The number of hydrogen-bond donors (Lipinski definition) is 2. The van der Waals surface area contributed by atoms with Gasteiger partial charge < -0.3 is 19.7 Å². The van der Waals surface area contributed by atoms with E-state index in [1.165, 1.54) is 13.8 Å². The quantitative estimate of drug-likeness (QED) is 0.454. The molecule has 2 atom stereocenters. The summed E-state index contributed by atoms with van der Waals surface area (Å²) in [4.78, 5) is 0. The Bertz CT molecular complexity index is 110. The summed E-state index contributed by atoms with van der Waals surface area (Å²) in [7, 11) is 0. The molecule has 0 radical (unpaired) electrons. The Morgan fingerprint density at radius 2 is 1.25 bits per heavy atom. The lowest BCUT2D eigenvalue weighted by Gasteiger charge is -2.19. The highest BCUT2D eigenvalue weighted by molar-refractivity contribution is 9.10. The topological polar surface area (TPSA) is 58.9 Å². The first kappa shape index (κ1) is 12.8. The van der Waals surface area contributed by atoms with Crippen molar-refractivity contribution < 1.29 is 19.7 Å². The minimum absolute atomic E-state index is 0.181. The molecule has 2 N–H and O–H groups in total. The minimum atomic E-state index is -1.34. The van der Waals surface area contributed by atoms with Gasteiger partial charge in [-0.15, -0.1) is 0 Å². The molecule has 6 heteroatoms. The molecule has 74 valence electrons. The summed E-state index contributed by atoms with van der Waals surface area (Å²) in [5, 5.41) is 18.0. The first-order valence-corrected chi connectivity index (χ1v) is 4.90. The molecule has 0 aromatic carbocycles. The minimum Gasteiger partial charge on any atom is -0.357 e. The second kappa shape index (κ2) is 4.88. The van der Waals surface area contributed by atoms with Gasteiger partial charge in [-0.1, -0.05) is 0 Å². The monoisotopic (exact) mass is 306 g/mol. The van der Waals surface area contributed by atoms with Crippen LogP contribution in [0.15, 0.2) is 0 Å². The van der Waals surface area contributed by atoms with E-state index in [-0.39, 0.29) is 13.2 Å². The van der Waals surface area contributed by atoms with E-state index < -0.39 is 9.39 Å². The maximum atomic E-state index is 9.01. The number of rotatable bonds is 5.